The van der Waals surface area contributed by atoms with Crippen molar-refractivity contribution in [2.24, 2.45) is 5.16 Å². The number of hydrogen-bond donors (Lipinski definition) is 2. The first-order valence-electron chi connectivity index (χ1n) is 9.16. The van der Waals surface area contributed by atoms with Gasteiger partial charge in [0.15, 0.2) is 0 Å². The minimum atomic E-state index is -4.91. The van der Waals surface area contributed by atoms with Gasteiger partial charge in [-0.3, -0.25) is 0 Å². The Morgan fingerprint density at radius 3 is 2.38 bits per heavy atom. The van der Waals surface area contributed by atoms with Gasteiger partial charge in [0.25, 0.3) is 0 Å². The Balaban J connectivity index is 1.39. The number of aliphatic hydroxyl groups is 1. The molecule has 0 aromatic heterocycles. The summed E-state index contributed by atoms with van der Waals surface area (Å²) >= 11 is 0. The smallest absolute Gasteiger partial charge is 0.350 e. The van der Waals surface area contributed by atoms with E-state index in [2.05, 4.69) is 45.6 Å². The molecule has 150 valence electrons. The molecule has 3 aromatic rings. The van der Waals surface area contributed by atoms with Crippen LogP contribution >= 0.6 is 0 Å². The maximum Gasteiger partial charge on any atom is 0.458 e. The van der Waals surface area contributed by atoms with Crippen LogP contribution in [0.3, 0.4) is 0 Å². The molecule has 7 heteroatoms. The zero-order valence-corrected chi connectivity index (χ0v) is 15.4. The van der Waals surface area contributed by atoms with Crippen LogP contribution < -0.4 is 5.32 Å². The van der Waals surface area contributed by atoms with Gasteiger partial charge in [-0.25, -0.2) is 0 Å². The highest BCUT2D eigenvalue weighted by molar-refractivity contribution is 6.01. The fourth-order valence-corrected chi connectivity index (χ4v) is 3.29. The molecule has 0 aliphatic carbocycles. The molecule has 2 N–H and O–H groups in total. The van der Waals surface area contributed by atoms with Gasteiger partial charge in [-0.15, -0.1) is 0 Å². The quantitative estimate of drug-likeness (QED) is 0.663. The molecule has 0 saturated heterocycles. The monoisotopic (exact) mass is 400 g/mol. The first-order chi connectivity index (χ1) is 13.8. The number of halogens is 3. The van der Waals surface area contributed by atoms with Crippen LogP contribution in [-0.4, -0.2) is 22.8 Å². The zero-order chi connectivity index (χ0) is 20.5. The molecule has 0 bridgehead atoms. The third-order valence-corrected chi connectivity index (χ3v) is 4.89. The number of nitrogens with one attached hydrogen (secondary N) is 1. The average molecular weight is 400 g/mol. The van der Waals surface area contributed by atoms with Gasteiger partial charge >= 0.3 is 12.0 Å². The Morgan fingerprint density at radius 2 is 1.66 bits per heavy atom. The van der Waals surface area contributed by atoms with Gasteiger partial charge in [-0.05, 0) is 39.6 Å². The molecule has 3 aromatic carbocycles. The van der Waals surface area contributed by atoms with E-state index in [1.807, 2.05) is 18.2 Å². The number of alkyl halides is 3. The SMILES string of the molecule is OC1(C(F)(F)F)CC(c2cccc(CNCc3ccc4ccccc4c3)c2)=NO1. The first-order valence-corrected chi connectivity index (χ1v) is 9.16. The summed E-state index contributed by atoms with van der Waals surface area (Å²) in [5.74, 6) is -3.26. The van der Waals surface area contributed by atoms with Crippen molar-refractivity contribution in [3.8, 4) is 0 Å². The molecule has 1 atom stereocenters. The number of rotatable bonds is 5. The van der Waals surface area contributed by atoms with Crippen molar-refractivity contribution in [2.45, 2.75) is 31.5 Å². The highest BCUT2D eigenvalue weighted by atomic mass is 19.4. The van der Waals surface area contributed by atoms with E-state index in [-0.39, 0.29) is 5.71 Å². The Bertz CT molecular complexity index is 1070. The number of oxime groups is 1. The largest absolute Gasteiger partial charge is 0.458 e. The van der Waals surface area contributed by atoms with E-state index in [0.717, 1.165) is 11.1 Å². The molecule has 0 spiro atoms. The lowest BCUT2D eigenvalue weighted by Crippen LogP contribution is -2.45. The summed E-state index contributed by atoms with van der Waals surface area (Å²) in [7, 11) is 0. The summed E-state index contributed by atoms with van der Waals surface area (Å²) in [6.07, 6.45) is -5.64. The van der Waals surface area contributed by atoms with Crippen LogP contribution in [0.4, 0.5) is 13.2 Å². The maximum atomic E-state index is 12.9. The number of fused-ring (bicyclic) bond motifs is 1. The minimum absolute atomic E-state index is 0.0706. The molecule has 0 saturated carbocycles. The van der Waals surface area contributed by atoms with Crippen LogP contribution in [0.5, 0.6) is 0 Å². The fourth-order valence-electron chi connectivity index (χ4n) is 3.29. The highest BCUT2D eigenvalue weighted by Gasteiger charge is 2.60. The lowest BCUT2D eigenvalue weighted by molar-refractivity contribution is -0.355. The zero-order valence-electron chi connectivity index (χ0n) is 15.4. The molecule has 1 aliphatic rings. The summed E-state index contributed by atoms with van der Waals surface area (Å²) in [6.45, 7) is 1.20. The number of hydrogen-bond acceptors (Lipinski definition) is 4. The van der Waals surface area contributed by atoms with Gasteiger partial charge in [0.1, 0.15) is 0 Å². The van der Waals surface area contributed by atoms with Crippen molar-refractivity contribution in [2.75, 3.05) is 0 Å². The summed E-state index contributed by atoms with van der Waals surface area (Å²) in [4.78, 5) is 4.29. The van der Waals surface area contributed by atoms with E-state index in [1.54, 1.807) is 18.2 Å². The lowest BCUT2D eigenvalue weighted by Gasteiger charge is -2.22. The van der Waals surface area contributed by atoms with Crippen molar-refractivity contribution in [1.29, 1.82) is 0 Å². The number of nitrogens with zero attached hydrogens (tertiary/aromatic N) is 1. The summed E-state index contributed by atoms with van der Waals surface area (Å²) < 4.78 is 38.6. The second-order valence-corrected chi connectivity index (χ2v) is 7.07. The van der Waals surface area contributed by atoms with Gasteiger partial charge in [-0.1, -0.05) is 59.8 Å². The Morgan fingerprint density at radius 1 is 0.931 bits per heavy atom. The molecule has 0 fully saturated rings. The van der Waals surface area contributed by atoms with Crippen LogP contribution in [0, 0.1) is 0 Å². The van der Waals surface area contributed by atoms with Gasteiger partial charge in [0.05, 0.1) is 12.1 Å². The van der Waals surface area contributed by atoms with E-state index < -0.39 is 18.4 Å². The van der Waals surface area contributed by atoms with E-state index >= 15 is 0 Å². The predicted octanol–water partition coefficient (Wildman–Crippen LogP) is 4.50. The Labute approximate surface area is 165 Å². The van der Waals surface area contributed by atoms with Crippen molar-refractivity contribution in [1.82, 2.24) is 5.32 Å². The second kappa shape index (κ2) is 7.50. The highest BCUT2D eigenvalue weighted by Crippen LogP contribution is 2.38. The first kappa shape index (κ1) is 19.4. The fraction of sp³-hybridized carbons (Fsp3) is 0.227. The van der Waals surface area contributed by atoms with Gasteiger partial charge in [-0.2, -0.15) is 13.2 Å². The van der Waals surface area contributed by atoms with Crippen LogP contribution in [0.15, 0.2) is 71.9 Å². The van der Waals surface area contributed by atoms with Crippen LogP contribution in [-0.2, 0) is 17.9 Å². The Hall–Kier alpha value is -2.90. The molecule has 0 radical (unpaired) electrons. The molecule has 29 heavy (non-hydrogen) atoms. The molecule has 4 nitrogen and oxygen atoms in total. The maximum absolute atomic E-state index is 12.9. The Kier molecular flexibility index (Phi) is 5.02. The summed E-state index contributed by atoms with van der Waals surface area (Å²) in [5.41, 5.74) is 2.61. The third kappa shape index (κ3) is 4.11. The van der Waals surface area contributed by atoms with E-state index in [4.69, 9.17) is 0 Å². The normalized spacial score (nSPS) is 19.2. The molecule has 4 rings (SSSR count). The van der Waals surface area contributed by atoms with Gasteiger partial charge in [0, 0.05) is 13.1 Å². The summed E-state index contributed by atoms with van der Waals surface area (Å²) in [5, 5.41) is 18.7. The average Bonchev–Trinajstić information content (AvgIpc) is 3.12. The van der Waals surface area contributed by atoms with Crippen molar-refractivity contribution >= 4 is 16.5 Å². The lowest BCUT2D eigenvalue weighted by atomic mass is 10.0. The minimum Gasteiger partial charge on any atom is -0.350 e. The number of benzene rings is 3. The van der Waals surface area contributed by atoms with Gasteiger partial charge in [0.2, 0.25) is 0 Å². The van der Waals surface area contributed by atoms with Crippen molar-refractivity contribution in [3.63, 3.8) is 0 Å². The molecular formula is C22H19F3N2O2. The second-order valence-electron chi connectivity index (χ2n) is 7.07. The van der Waals surface area contributed by atoms with Crippen molar-refractivity contribution < 1.29 is 23.1 Å². The predicted molar refractivity (Wildman–Crippen MR) is 104 cm³/mol. The molecule has 0 amide bonds. The molecule has 1 unspecified atom stereocenters. The topological polar surface area (TPSA) is 53.8 Å². The summed E-state index contributed by atoms with van der Waals surface area (Å²) in [6, 6.07) is 21.4. The van der Waals surface area contributed by atoms with Crippen molar-refractivity contribution in [3.05, 3.63) is 83.4 Å². The molecule has 1 aliphatic heterocycles. The van der Waals surface area contributed by atoms with Crippen LogP contribution in [0.25, 0.3) is 10.8 Å². The van der Waals surface area contributed by atoms with E-state index in [9.17, 15) is 18.3 Å². The van der Waals surface area contributed by atoms with Crippen LogP contribution in [0.2, 0.25) is 0 Å². The van der Waals surface area contributed by atoms with Gasteiger partial charge < -0.3 is 15.3 Å². The molecular weight excluding hydrogens is 381 g/mol. The van der Waals surface area contributed by atoms with Crippen LogP contribution in [0.1, 0.15) is 23.1 Å². The third-order valence-electron chi connectivity index (χ3n) is 4.89. The standard InChI is InChI=1S/C22H19F3N2O2/c23-22(24,25)21(28)12-20(27-29-21)19-7-3-4-15(11-19)13-26-14-16-8-9-17-5-1-2-6-18(17)10-16/h1-11,26,28H,12-14H2. The van der Waals surface area contributed by atoms with E-state index in [0.29, 0.717) is 18.7 Å². The molecule has 1 heterocycles. The van der Waals surface area contributed by atoms with E-state index in [1.165, 1.54) is 10.8 Å².